The predicted molar refractivity (Wildman–Crippen MR) is 114 cm³/mol. The summed E-state index contributed by atoms with van der Waals surface area (Å²) in [4.78, 5) is 12.1. The van der Waals surface area contributed by atoms with Crippen LogP contribution < -0.4 is 24.3 Å². The Labute approximate surface area is 180 Å². The standard InChI is InChI=1S/C23H27F2NO5/c1-4-13-30-19-9-6-16(14-20(19)29-3)7-10-22(27)26-12-11-17-5-8-18(28-2)21(15-17)31-23(24)25/h5-10,14-15,23H,4,11-13H2,1-3H3,(H,26,27)/b10-7+. The Balaban J connectivity index is 1.90. The molecule has 0 radical (unpaired) electrons. The summed E-state index contributed by atoms with van der Waals surface area (Å²) < 4.78 is 45.4. The van der Waals surface area contributed by atoms with E-state index in [1.165, 1.54) is 19.3 Å². The molecule has 6 nitrogen and oxygen atoms in total. The summed E-state index contributed by atoms with van der Waals surface area (Å²) in [5.74, 6) is 1.15. The van der Waals surface area contributed by atoms with E-state index in [1.54, 1.807) is 37.5 Å². The van der Waals surface area contributed by atoms with Crippen LogP contribution in [0.2, 0.25) is 0 Å². The molecule has 0 saturated heterocycles. The average Bonchev–Trinajstić information content (AvgIpc) is 2.76. The van der Waals surface area contributed by atoms with Gasteiger partial charge in [0.05, 0.1) is 20.8 Å². The lowest BCUT2D eigenvalue weighted by atomic mass is 10.1. The third kappa shape index (κ3) is 7.81. The molecule has 2 aromatic rings. The monoisotopic (exact) mass is 435 g/mol. The van der Waals surface area contributed by atoms with Crippen LogP contribution in [0.3, 0.4) is 0 Å². The maximum Gasteiger partial charge on any atom is 0.387 e. The highest BCUT2D eigenvalue weighted by molar-refractivity contribution is 5.91. The molecule has 1 N–H and O–H groups in total. The zero-order valence-electron chi connectivity index (χ0n) is 17.8. The molecule has 168 valence electrons. The van der Waals surface area contributed by atoms with Gasteiger partial charge in [-0.1, -0.05) is 19.1 Å². The van der Waals surface area contributed by atoms with Crippen LogP contribution in [-0.4, -0.2) is 39.9 Å². The van der Waals surface area contributed by atoms with Crippen molar-refractivity contribution in [2.75, 3.05) is 27.4 Å². The molecular weight excluding hydrogens is 408 g/mol. The first-order valence-corrected chi connectivity index (χ1v) is 9.85. The number of hydrogen-bond acceptors (Lipinski definition) is 5. The van der Waals surface area contributed by atoms with Gasteiger partial charge in [0.1, 0.15) is 0 Å². The largest absolute Gasteiger partial charge is 0.493 e. The van der Waals surface area contributed by atoms with Crippen molar-refractivity contribution in [3.63, 3.8) is 0 Å². The Morgan fingerprint density at radius 3 is 2.45 bits per heavy atom. The summed E-state index contributed by atoms with van der Waals surface area (Å²) in [7, 11) is 2.94. The van der Waals surface area contributed by atoms with Crippen LogP contribution >= 0.6 is 0 Å². The quantitative estimate of drug-likeness (QED) is 0.499. The second kappa shape index (κ2) is 12.4. The minimum atomic E-state index is -2.94. The Kier molecular flexibility index (Phi) is 9.61. The topological polar surface area (TPSA) is 66.0 Å². The highest BCUT2D eigenvalue weighted by Gasteiger charge is 2.11. The van der Waals surface area contributed by atoms with Gasteiger partial charge in [-0.2, -0.15) is 8.78 Å². The van der Waals surface area contributed by atoms with Gasteiger partial charge in [0.15, 0.2) is 23.0 Å². The molecule has 0 atom stereocenters. The van der Waals surface area contributed by atoms with Crippen molar-refractivity contribution in [2.24, 2.45) is 0 Å². The zero-order chi connectivity index (χ0) is 22.6. The highest BCUT2D eigenvalue weighted by Crippen LogP contribution is 2.30. The molecule has 2 rings (SSSR count). The Morgan fingerprint density at radius 1 is 1.03 bits per heavy atom. The number of ether oxygens (including phenoxy) is 4. The van der Waals surface area contributed by atoms with Crippen molar-refractivity contribution >= 4 is 12.0 Å². The number of carbonyl (C=O) groups excluding carboxylic acids is 1. The number of alkyl halides is 2. The van der Waals surface area contributed by atoms with E-state index in [9.17, 15) is 13.6 Å². The molecule has 1 amide bonds. The third-order valence-corrected chi connectivity index (χ3v) is 4.23. The molecule has 0 aliphatic heterocycles. The molecule has 0 spiro atoms. The van der Waals surface area contributed by atoms with E-state index < -0.39 is 6.61 Å². The number of carbonyl (C=O) groups is 1. The fourth-order valence-corrected chi connectivity index (χ4v) is 2.74. The summed E-state index contributed by atoms with van der Waals surface area (Å²) in [6.45, 7) is 0.00148. The van der Waals surface area contributed by atoms with Crippen molar-refractivity contribution in [3.05, 3.63) is 53.6 Å². The molecule has 0 aliphatic rings. The fraction of sp³-hybridized carbons (Fsp3) is 0.348. The lowest BCUT2D eigenvalue weighted by Gasteiger charge is -2.11. The second-order valence-corrected chi connectivity index (χ2v) is 6.50. The van der Waals surface area contributed by atoms with E-state index in [1.807, 2.05) is 13.0 Å². The highest BCUT2D eigenvalue weighted by atomic mass is 19.3. The van der Waals surface area contributed by atoms with Crippen LogP contribution in [0.5, 0.6) is 23.0 Å². The second-order valence-electron chi connectivity index (χ2n) is 6.50. The van der Waals surface area contributed by atoms with E-state index >= 15 is 0 Å². The molecule has 0 saturated carbocycles. The van der Waals surface area contributed by atoms with E-state index in [2.05, 4.69) is 10.1 Å². The SMILES string of the molecule is CCCOc1ccc(/C=C/C(=O)NCCc2ccc(OC)c(OC(F)F)c2)cc1OC. The molecule has 0 aromatic heterocycles. The first-order valence-electron chi connectivity index (χ1n) is 9.85. The number of halogens is 2. The Morgan fingerprint density at radius 2 is 1.77 bits per heavy atom. The first kappa shape index (κ1) is 24.0. The zero-order valence-corrected chi connectivity index (χ0v) is 17.8. The fourth-order valence-electron chi connectivity index (χ4n) is 2.74. The van der Waals surface area contributed by atoms with Crippen molar-refractivity contribution in [1.29, 1.82) is 0 Å². The van der Waals surface area contributed by atoms with E-state index in [0.29, 0.717) is 31.1 Å². The van der Waals surface area contributed by atoms with Gasteiger partial charge in [-0.25, -0.2) is 0 Å². The molecule has 0 aliphatic carbocycles. The van der Waals surface area contributed by atoms with Gasteiger partial charge in [-0.15, -0.1) is 0 Å². The Hall–Kier alpha value is -3.29. The molecule has 2 aromatic carbocycles. The number of methoxy groups -OCH3 is 2. The van der Waals surface area contributed by atoms with E-state index in [4.69, 9.17) is 14.2 Å². The normalized spacial score (nSPS) is 10.9. The lowest BCUT2D eigenvalue weighted by Crippen LogP contribution is -2.23. The minimum absolute atomic E-state index is 0.0402. The number of benzene rings is 2. The van der Waals surface area contributed by atoms with Gasteiger partial charge in [0, 0.05) is 12.6 Å². The summed E-state index contributed by atoms with van der Waals surface area (Å²) in [6.07, 6.45) is 4.42. The molecule has 8 heteroatoms. The van der Waals surface area contributed by atoms with Crippen LogP contribution in [0.4, 0.5) is 8.78 Å². The summed E-state index contributed by atoms with van der Waals surface area (Å²) >= 11 is 0. The van der Waals surface area contributed by atoms with Gasteiger partial charge in [0.25, 0.3) is 0 Å². The van der Waals surface area contributed by atoms with E-state index in [0.717, 1.165) is 17.5 Å². The Bertz CT molecular complexity index is 886. The molecule has 0 heterocycles. The smallest absolute Gasteiger partial charge is 0.387 e. The number of rotatable bonds is 12. The van der Waals surface area contributed by atoms with Crippen LogP contribution in [-0.2, 0) is 11.2 Å². The van der Waals surface area contributed by atoms with Gasteiger partial charge < -0.3 is 24.3 Å². The number of nitrogens with one attached hydrogen (secondary N) is 1. The maximum atomic E-state index is 12.5. The lowest BCUT2D eigenvalue weighted by molar-refractivity contribution is -0.116. The van der Waals surface area contributed by atoms with Gasteiger partial charge in [0.2, 0.25) is 5.91 Å². The predicted octanol–water partition coefficient (Wildman–Crippen LogP) is 4.47. The van der Waals surface area contributed by atoms with Gasteiger partial charge >= 0.3 is 6.61 Å². The maximum absolute atomic E-state index is 12.5. The molecule has 0 fully saturated rings. The van der Waals surface area contributed by atoms with Crippen LogP contribution in [0.1, 0.15) is 24.5 Å². The molecule has 0 unspecified atom stereocenters. The number of hydrogen-bond donors (Lipinski definition) is 1. The summed E-state index contributed by atoms with van der Waals surface area (Å²) in [6, 6.07) is 10.2. The van der Waals surface area contributed by atoms with Crippen molar-refractivity contribution in [2.45, 2.75) is 26.4 Å². The number of amides is 1. The van der Waals surface area contributed by atoms with Crippen molar-refractivity contribution < 1.29 is 32.5 Å². The van der Waals surface area contributed by atoms with E-state index in [-0.39, 0.29) is 17.4 Å². The van der Waals surface area contributed by atoms with Crippen LogP contribution in [0, 0.1) is 0 Å². The summed E-state index contributed by atoms with van der Waals surface area (Å²) in [5, 5.41) is 2.76. The average molecular weight is 435 g/mol. The first-order chi connectivity index (χ1) is 15.0. The third-order valence-electron chi connectivity index (χ3n) is 4.23. The molecular formula is C23H27F2NO5. The molecule has 31 heavy (non-hydrogen) atoms. The van der Waals surface area contributed by atoms with Crippen molar-refractivity contribution in [1.82, 2.24) is 5.32 Å². The van der Waals surface area contributed by atoms with Gasteiger partial charge in [-0.3, -0.25) is 4.79 Å². The van der Waals surface area contributed by atoms with Crippen molar-refractivity contribution in [3.8, 4) is 23.0 Å². The van der Waals surface area contributed by atoms with Crippen LogP contribution in [0.15, 0.2) is 42.5 Å². The van der Waals surface area contributed by atoms with Gasteiger partial charge in [-0.05, 0) is 54.3 Å². The van der Waals surface area contributed by atoms with Crippen LogP contribution in [0.25, 0.3) is 6.08 Å². The minimum Gasteiger partial charge on any atom is -0.493 e. The summed E-state index contributed by atoms with van der Waals surface area (Å²) in [5.41, 5.74) is 1.52. The molecule has 0 bridgehead atoms.